The standard InChI is InChI=1S/C34H34F6/c1-2-3-4-5-6-7-23-8-10-24(11-9-23)12-13-25-15-19-29-28(20-25)18-17-27(33(29)37)16-14-26-21-30(35)32(31(36)22-26)34(38,39)40/h8-11,15,17-22H,2-7,12-14,16H2,1H3. The number of rotatable bonds is 12. The molecule has 0 nitrogen and oxygen atoms in total. The Morgan fingerprint density at radius 2 is 1.12 bits per heavy atom. The average molecular weight is 557 g/mol. The smallest absolute Gasteiger partial charge is 0.206 e. The highest BCUT2D eigenvalue weighted by atomic mass is 19.4. The summed E-state index contributed by atoms with van der Waals surface area (Å²) in [7, 11) is 0. The molecule has 0 aliphatic carbocycles. The molecule has 0 spiro atoms. The summed E-state index contributed by atoms with van der Waals surface area (Å²) in [5.74, 6) is -3.76. The first-order valence-corrected chi connectivity index (χ1v) is 14.0. The van der Waals surface area contributed by atoms with Crippen LogP contribution in [0.2, 0.25) is 0 Å². The van der Waals surface area contributed by atoms with Gasteiger partial charge in [0.05, 0.1) is 0 Å². The molecular formula is C34H34F6. The van der Waals surface area contributed by atoms with Crippen molar-refractivity contribution in [1.82, 2.24) is 0 Å². The topological polar surface area (TPSA) is 0 Å². The van der Waals surface area contributed by atoms with Crippen LogP contribution in [0.3, 0.4) is 0 Å². The fourth-order valence-electron chi connectivity index (χ4n) is 5.15. The molecule has 0 saturated heterocycles. The van der Waals surface area contributed by atoms with Gasteiger partial charge in [-0.05, 0) is 83.9 Å². The van der Waals surface area contributed by atoms with Crippen molar-refractivity contribution >= 4 is 10.8 Å². The molecular weight excluding hydrogens is 522 g/mol. The predicted molar refractivity (Wildman–Crippen MR) is 149 cm³/mol. The number of alkyl halides is 3. The summed E-state index contributed by atoms with van der Waals surface area (Å²) >= 11 is 0. The molecule has 0 N–H and O–H groups in total. The van der Waals surface area contributed by atoms with E-state index < -0.39 is 29.2 Å². The van der Waals surface area contributed by atoms with E-state index in [-0.39, 0.29) is 18.4 Å². The SMILES string of the molecule is CCCCCCCc1ccc(CCc2ccc3c(F)c(CCc4cc(F)c(C(F)(F)F)c(F)c4)ccc3c2)cc1. The highest BCUT2D eigenvalue weighted by Gasteiger charge is 2.37. The van der Waals surface area contributed by atoms with Crippen molar-refractivity contribution in [2.45, 2.75) is 77.3 Å². The number of aryl methyl sites for hydroxylation is 5. The molecule has 212 valence electrons. The largest absolute Gasteiger partial charge is 0.422 e. The minimum atomic E-state index is -5.12. The Balaban J connectivity index is 1.35. The van der Waals surface area contributed by atoms with E-state index in [9.17, 15) is 22.0 Å². The first-order chi connectivity index (χ1) is 19.2. The minimum Gasteiger partial charge on any atom is -0.206 e. The Bertz CT molecular complexity index is 1400. The molecule has 0 amide bonds. The lowest BCUT2D eigenvalue weighted by molar-refractivity contribution is -0.142. The number of benzene rings is 4. The van der Waals surface area contributed by atoms with Gasteiger partial charge >= 0.3 is 6.18 Å². The van der Waals surface area contributed by atoms with E-state index in [1.165, 1.54) is 43.2 Å². The van der Waals surface area contributed by atoms with Crippen molar-refractivity contribution in [3.63, 3.8) is 0 Å². The van der Waals surface area contributed by atoms with Crippen LogP contribution in [0.15, 0.2) is 66.7 Å². The lowest BCUT2D eigenvalue weighted by Gasteiger charge is -2.12. The molecule has 0 saturated carbocycles. The molecule has 0 atom stereocenters. The molecule has 6 heteroatoms. The molecule has 4 aromatic rings. The quantitative estimate of drug-likeness (QED) is 0.120. The molecule has 0 aromatic heterocycles. The molecule has 4 aromatic carbocycles. The van der Waals surface area contributed by atoms with Crippen molar-refractivity contribution in [3.8, 4) is 0 Å². The van der Waals surface area contributed by atoms with Crippen molar-refractivity contribution in [2.75, 3.05) is 0 Å². The van der Waals surface area contributed by atoms with E-state index in [2.05, 4.69) is 31.2 Å². The van der Waals surface area contributed by atoms with E-state index in [0.717, 1.165) is 30.2 Å². The molecule has 0 heterocycles. The summed E-state index contributed by atoms with van der Waals surface area (Å²) < 4.78 is 81.4. The Labute approximate surface area is 232 Å². The van der Waals surface area contributed by atoms with Gasteiger partial charge in [-0.25, -0.2) is 13.2 Å². The summed E-state index contributed by atoms with van der Waals surface area (Å²) in [5, 5.41) is 1.19. The van der Waals surface area contributed by atoms with Gasteiger partial charge in [0, 0.05) is 5.39 Å². The second-order valence-electron chi connectivity index (χ2n) is 10.5. The lowest BCUT2D eigenvalue weighted by Crippen LogP contribution is -2.12. The van der Waals surface area contributed by atoms with Crippen molar-refractivity contribution in [3.05, 3.63) is 118 Å². The normalized spacial score (nSPS) is 11.9. The van der Waals surface area contributed by atoms with Crippen LogP contribution in [0.25, 0.3) is 10.8 Å². The van der Waals surface area contributed by atoms with Crippen LogP contribution < -0.4 is 0 Å². The van der Waals surface area contributed by atoms with Crippen LogP contribution in [-0.2, 0) is 38.3 Å². The van der Waals surface area contributed by atoms with Gasteiger partial charge in [-0.2, -0.15) is 13.2 Å². The number of hydrogen-bond donors (Lipinski definition) is 0. The van der Waals surface area contributed by atoms with Crippen LogP contribution in [-0.4, -0.2) is 0 Å². The maximum absolute atomic E-state index is 15.2. The lowest BCUT2D eigenvalue weighted by atomic mass is 9.96. The Kier molecular flexibility index (Phi) is 9.94. The molecule has 0 bridgehead atoms. The van der Waals surface area contributed by atoms with Crippen LogP contribution >= 0.6 is 0 Å². The fourth-order valence-corrected chi connectivity index (χ4v) is 5.15. The van der Waals surface area contributed by atoms with E-state index in [1.807, 2.05) is 12.1 Å². The number of halogens is 6. The van der Waals surface area contributed by atoms with Crippen LogP contribution in [0.4, 0.5) is 26.3 Å². The van der Waals surface area contributed by atoms with E-state index >= 15 is 4.39 Å². The zero-order chi connectivity index (χ0) is 28.7. The maximum atomic E-state index is 15.2. The molecule has 0 aliphatic rings. The highest BCUT2D eigenvalue weighted by Crippen LogP contribution is 2.34. The third kappa shape index (κ3) is 7.67. The monoisotopic (exact) mass is 556 g/mol. The van der Waals surface area contributed by atoms with E-state index in [1.54, 1.807) is 18.2 Å². The molecule has 0 unspecified atom stereocenters. The van der Waals surface area contributed by atoms with Gasteiger partial charge in [-0.3, -0.25) is 0 Å². The van der Waals surface area contributed by atoms with Crippen LogP contribution in [0.5, 0.6) is 0 Å². The summed E-state index contributed by atoms with van der Waals surface area (Å²) in [5.41, 5.74) is 2.19. The molecule has 40 heavy (non-hydrogen) atoms. The summed E-state index contributed by atoms with van der Waals surface area (Å²) in [6.07, 6.45) is 4.15. The van der Waals surface area contributed by atoms with Crippen LogP contribution in [0.1, 0.15) is 72.4 Å². The second-order valence-corrected chi connectivity index (χ2v) is 10.5. The number of unbranched alkanes of at least 4 members (excludes halogenated alkanes) is 4. The number of fused-ring (bicyclic) bond motifs is 1. The van der Waals surface area contributed by atoms with Crippen molar-refractivity contribution < 1.29 is 26.3 Å². The van der Waals surface area contributed by atoms with Gasteiger partial charge in [-0.1, -0.05) is 87.2 Å². The fraction of sp³-hybridized carbons (Fsp3) is 0.353. The van der Waals surface area contributed by atoms with E-state index in [4.69, 9.17) is 0 Å². The van der Waals surface area contributed by atoms with Gasteiger partial charge in [0.2, 0.25) is 0 Å². The minimum absolute atomic E-state index is 0.00410. The number of hydrogen-bond acceptors (Lipinski definition) is 0. The molecule has 0 aliphatic heterocycles. The van der Waals surface area contributed by atoms with Gasteiger partial charge in [0.15, 0.2) is 0 Å². The highest BCUT2D eigenvalue weighted by molar-refractivity contribution is 5.84. The average Bonchev–Trinajstić information content (AvgIpc) is 2.91. The summed E-state index contributed by atoms with van der Waals surface area (Å²) in [6, 6.07) is 19.2. The zero-order valence-electron chi connectivity index (χ0n) is 22.7. The molecule has 0 fully saturated rings. The van der Waals surface area contributed by atoms with Crippen molar-refractivity contribution in [1.29, 1.82) is 0 Å². The molecule has 0 radical (unpaired) electrons. The predicted octanol–water partition coefficient (Wildman–Crippen LogP) is 10.4. The second kappa shape index (κ2) is 13.4. The first-order valence-electron chi connectivity index (χ1n) is 14.0. The van der Waals surface area contributed by atoms with Gasteiger partial charge in [0.1, 0.15) is 23.0 Å². The Morgan fingerprint density at radius 3 is 1.77 bits per heavy atom. The Morgan fingerprint density at radius 1 is 0.550 bits per heavy atom. The Hall–Kier alpha value is -3.28. The zero-order valence-corrected chi connectivity index (χ0v) is 22.7. The van der Waals surface area contributed by atoms with Crippen LogP contribution in [0, 0.1) is 17.5 Å². The third-order valence-electron chi connectivity index (χ3n) is 7.46. The van der Waals surface area contributed by atoms with Gasteiger partial charge in [-0.15, -0.1) is 0 Å². The van der Waals surface area contributed by atoms with Gasteiger partial charge < -0.3 is 0 Å². The summed E-state index contributed by atoms with van der Waals surface area (Å²) in [4.78, 5) is 0. The maximum Gasteiger partial charge on any atom is 0.422 e. The molecule has 4 rings (SSSR count). The first kappa shape index (κ1) is 29.7. The van der Waals surface area contributed by atoms with Crippen molar-refractivity contribution in [2.24, 2.45) is 0 Å². The van der Waals surface area contributed by atoms with Gasteiger partial charge in [0.25, 0.3) is 0 Å². The summed E-state index contributed by atoms with van der Waals surface area (Å²) in [6.45, 7) is 2.22. The third-order valence-corrected chi connectivity index (χ3v) is 7.46. The van der Waals surface area contributed by atoms with E-state index in [0.29, 0.717) is 23.1 Å².